The van der Waals surface area contributed by atoms with Gasteiger partial charge >= 0.3 is 0 Å². The fraction of sp³-hybridized carbons (Fsp3) is 0.263. The quantitative estimate of drug-likeness (QED) is 0.493. The molecule has 1 aliphatic carbocycles. The number of nitro benzene ring substituents is 2. The summed E-state index contributed by atoms with van der Waals surface area (Å²) in [4.78, 5) is 22.0. The fourth-order valence-electron chi connectivity index (χ4n) is 4.20. The van der Waals surface area contributed by atoms with Gasteiger partial charge in [-0.05, 0) is 30.4 Å². The number of non-ortho nitro benzene ring substituents is 1. The zero-order valence-electron chi connectivity index (χ0n) is 14.1. The minimum atomic E-state index is -0.380. The molecule has 26 heavy (non-hydrogen) atoms. The molecular weight excluding hydrogens is 334 g/mol. The normalized spacial score (nSPS) is 23.0. The summed E-state index contributed by atoms with van der Waals surface area (Å²) >= 11 is 0. The van der Waals surface area contributed by atoms with Crippen LogP contribution in [0.3, 0.4) is 0 Å². The fourth-order valence-corrected chi connectivity index (χ4v) is 4.20. The van der Waals surface area contributed by atoms with Gasteiger partial charge < -0.3 is 5.32 Å². The molecule has 1 aliphatic heterocycles. The van der Waals surface area contributed by atoms with E-state index in [0.717, 1.165) is 23.2 Å². The molecule has 7 nitrogen and oxygen atoms in total. The monoisotopic (exact) mass is 351 g/mol. The number of hydrogen-bond acceptors (Lipinski definition) is 5. The van der Waals surface area contributed by atoms with Crippen LogP contribution in [0.1, 0.15) is 35.1 Å². The van der Waals surface area contributed by atoms with Crippen LogP contribution in [0, 0.1) is 33.1 Å². The molecule has 2 aromatic carbocycles. The molecule has 1 N–H and O–H groups in total. The number of nitrogens with one attached hydrogen (secondary N) is 1. The Morgan fingerprint density at radius 3 is 2.58 bits per heavy atom. The van der Waals surface area contributed by atoms with E-state index in [1.165, 1.54) is 6.07 Å². The van der Waals surface area contributed by atoms with Gasteiger partial charge in [0.2, 0.25) is 0 Å². The maximum Gasteiger partial charge on any atom is 0.274 e. The van der Waals surface area contributed by atoms with E-state index in [-0.39, 0.29) is 39.1 Å². The van der Waals surface area contributed by atoms with Crippen LogP contribution in [0.4, 0.5) is 17.1 Å². The highest BCUT2D eigenvalue weighted by Crippen LogP contribution is 2.52. The van der Waals surface area contributed by atoms with Crippen LogP contribution in [-0.4, -0.2) is 9.85 Å². The average molecular weight is 351 g/mol. The summed E-state index contributed by atoms with van der Waals surface area (Å²) in [5.41, 5.74) is 3.33. The molecule has 0 spiro atoms. The lowest BCUT2D eigenvalue weighted by Gasteiger charge is -2.37. The van der Waals surface area contributed by atoms with Crippen LogP contribution in [0.15, 0.2) is 48.6 Å². The summed E-state index contributed by atoms with van der Waals surface area (Å²) in [6.45, 7) is 1.83. The van der Waals surface area contributed by atoms with Crippen molar-refractivity contribution in [1.29, 1.82) is 0 Å². The first-order valence-corrected chi connectivity index (χ1v) is 8.43. The summed E-state index contributed by atoms with van der Waals surface area (Å²) < 4.78 is 0. The van der Waals surface area contributed by atoms with Crippen LogP contribution >= 0.6 is 0 Å². The lowest BCUT2D eigenvalue weighted by Crippen LogP contribution is -2.30. The molecule has 0 unspecified atom stereocenters. The Balaban J connectivity index is 1.86. The lowest BCUT2D eigenvalue weighted by molar-refractivity contribution is -0.385. The summed E-state index contributed by atoms with van der Waals surface area (Å²) in [7, 11) is 0. The molecule has 4 rings (SSSR count). The number of benzene rings is 2. The molecule has 132 valence electrons. The Kier molecular flexibility index (Phi) is 3.72. The van der Waals surface area contributed by atoms with Crippen molar-refractivity contribution in [2.24, 2.45) is 5.92 Å². The number of anilines is 1. The second-order valence-corrected chi connectivity index (χ2v) is 6.78. The molecule has 0 saturated heterocycles. The smallest absolute Gasteiger partial charge is 0.274 e. The highest BCUT2D eigenvalue weighted by atomic mass is 16.6. The van der Waals surface area contributed by atoms with Crippen molar-refractivity contribution >= 4 is 17.1 Å². The minimum absolute atomic E-state index is 0.00894. The largest absolute Gasteiger partial charge is 0.377 e. The Morgan fingerprint density at radius 1 is 1.08 bits per heavy atom. The molecule has 2 aromatic rings. The number of fused-ring (bicyclic) bond motifs is 3. The molecule has 2 aliphatic rings. The van der Waals surface area contributed by atoms with Gasteiger partial charge in [0, 0.05) is 29.8 Å². The van der Waals surface area contributed by atoms with Gasteiger partial charge in [-0.3, -0.25) is 20.2 Å². The van der Waals surface area contributed by atoms with E-state index in [0.29, 0.717) is 5.56 Å². The Bertz CT molecular complexity index is 954. The Labute approximate surface area is 149 Å². The van der Waals surface area contributed by atoms with E-state index < -0.39 is 0 Å². The SMILES string of the molecule is Cc1cc([N+](=O)[O-])cc2c1N[C@H](c1ccccc1[N+](=O)[O-])[C@@H]1CC=C[C@@H]21. The van der Waals surface area contributed by atoms with E-state index in [1.54, 1.807) is 30.3 Å². The summed E-state index contributed by atoms with van der Waals surface area (Å²) in [5.74, 6) is 0.0969. The van der Waals surface area contributed by atoms with E-state index in [4.69, 9.17) is 0 Å². The van der Waals surface area contributed by atoms with Crippen molar-refractivity contribution in [3.8, 4) is 0 Å². The molecular formula is C19H17N3O4. The zero-order chi connectivity index (χ0) is 18.4. The van der Waals surface area contributed by atoms with E-state index in [9.17, 15) is 20.2 Å². The Hall–Kier alpha value is -3.22. The van der Waals surface area contributed by atoms with Crippen LogP contribution in [0.2, 0.25) is 0 Å². The molecule has 0 amide bonds. The van der Waals surface area contributed by atoms with Gasteiger partial charge in [0.05, 0.1) is 21.5 Å². The molecule has 0 radical (unpaired) electrons. The maximum atomic E-state index is 11.5. The third kappa shape index (κ3) is 2.44. The number of allylic oxidation sites excluding steroid dienone is 2. The standard InChI is InChI=1S/C19H17N3O4/c1-11-9-12(21(23)24)10-16-13-6-4-7-14(13)19(20-18(11)16)15-5-2-3-8-17(15)22(25)26/h2-6,8-10,13-14,19-20H,7H2,1H3/t13-,14-,19+/m1/s1. The van der Waals surface area contributed by atoms with Gasteiger partial charge in [-0.1, -0.05) is 30.4 Å². The molecule has 0 aromatic heterocycles. The first kappa shape index (κ1) is 16.3. The second kappa shape index (κ2) is 5.94. The first-order valence-electron chi connectivity index (χ1n) is 8.43. The van der Waals surface area contributed by atoms with Crippen LogP contribution in [0.5, 0.6) is 0 Å². The van der Waals surface area contributed by atoms with Crippen molar-refractivity contribution in [3.05, 3.63) is 85.5 Å². The van der Waals surface area contributed by atoms with Crippen molar-refractivity contribution < 1.29 is 9.85 Å². The summed E-state index contributed by atoms with van der Waals surface area (Å²) in [6.07, 6.45) is 4.90. The predicted octanol–water partition coefficient (Wildman–Crippen LogP) is 4.64. The number of nitro groups is 2. The van der Waals surface area contributed by atoms with Gasteiger partial charge in [-0.25, -0.2) is 0 Å². The van der Waals surface area contributed by atoms with Crippen molar-refractivity contribution in [2.75, 3.05) is 5.32 Å². The summed E-state index contributed by atoms with van der Waals surface area (Å²) in [6, 6.07) is 9.73. The molecule has 3 atom stereocenters. The van der Waals surface area contributed by atoms with Crippen LogP contribution in [0.25, 0.3) is 0 Å². The molecule has 0 saturated carbocycles. The third-order valence-electron chi connectivity index (χ3n) is 5.33. The molecule has 7 heteroatoms. The number of para-hydroxylation sites is 1. The highest BCUT2D eigenvalue weighted by molar-refractivity contribution is 5.68. The zero-order valence-corrected chi connectivity index (χ0v) is 14.1. The highest BCUT2D eigenvalue weighted by Gasteiger charge is 2.41. The van der Waals surface area contributed by atoms with Gasteiger partial charge in [0.25, 0.3) is 11.4 Å². The molecule has 1 heterocycles. The van der Waals surface area contributed by atoms with E-state index in [1.807, 2.05) is 6.92 Å². The summed E-state index contributed by atoms with van der Waals surface area (Å²) in [5, 5.41) is 26.2. The minimum Gasteiger partial charge on any atom is -0.377 e. The molecule has 0 fully saturated rings. The predicted molar refractivity (Wildman–Crippen MR) is 97.3 cm³/mol. The number of hydrogen-bond donors (Lipinski definition) is 1. The van der Waals surface area contributed by atoms with Crippen LogP contribution in [-0.2, 0) is 0 Å². The maximum absolute atomic E-state index is 11.5. The van der Waals surface area contributed by atoms with Crippen molar-refractivity contribution in [3.63, 3.8) is 0 Å². The number of rotatable bonds is 3. The van der Waals surface area contributed by atoms with Crippen molar-refractivity contribution in [2.45, 2.75) is 25.3 Å². The number of nitrogens with zero attached hydrogens (tertiary/aromatic N) is 2. The lowest BCUT2D eigenvalue weighted by atomic mass is 9.76. The van der Waals surface area contributed by atoms with Gasteiger partial charge in [-0.15, -0.1) is 0 Å². The van der Waals surface area contributed by atoms with Crippen molar-refractivity contribution in [1.82, 2.24) is 0 Å². The van der Waals surface area contributed by atoms with Gasteiger partial charge in [0.1, 0.15) is 0 Å². The Morgan fingerprint density at radius 2 is 1.85 bits per heavy atom. The third-order valence-corrected chi connectivity index (χ3v) is 5.33. The van der Waals surface area contributed by atoms with Gasteiger partial charge in [0.15, 0.2) is 0 Å². The number of aryl methyl sites for hydroxylation is 1. The van der Waals surface area contributed by atoms with Gasteiger partial charge in [-0.2, -0.15) is 0 Å². The average Bonchev–Trinajstić information content (AvgIpc) is 3.11. The van der Waals surface area contributed by atoms with Crippen LogP contribution < -0.4 is 5.32 Å². The topological polar surface area (TPSA) is 98.3 Å². The van der Waals surface area contributed by atoms with E-state index in [2.05, 4.69) is 17.5 Å². The molecule has 0 bridgehead atoms. The second-order valence-electron chi connectivity index (χ2n) is 6.78. The first-order chi connectivity index (χ1) is 12.5. The van der Waals surface area contributed by atoms with E-state index >= 15 is 0 Å².